The Balaban J connectivity index is 1.88. The van der Waals surface area contributed by atoms with Gasteiger partial charge in [0.1, 0.15) is 5.76 Å². The van der Waals surface area contributed by atoms with E-state index in [0.717, 1.165) is 5.52 Å². The van der Waals surface area contributed by atoms with Crippen LogP contribution in [0.2, 0.25) is 0 Å². The number of sulfonamides is 1. The molecule has 20 heavy (non-hydrogen) atoms. The first-order valence-electron chi connectivity index (χ1n) is 5.99. The lowest BCUT2D eigenvalue weighted by Crippen LogP contribution is -2.22. The van der Waals surface area contributed by atoms with E-state index in [-0.39, 0.29) is 11.4 Å². The van der Waals surface area contributed by atoms with Crippen LogP contribution in [0.3, 0.4) is 0 Å². The van der Waals surface area contributed by atoms with E-state index < -0.39 is 10.0 Å². The summed E-state index contributed by atoms with van der Waals surface area (Å²) in [6.45, 7) is 0.121. The van der Waals surface area contributed by atoms with Crippen LogP contribution in [-0.4, -0.2) is 18.0 Å². The van der Waals surface area contributed by atoms with Crippen molar-refractivity contribution in [2.45, 2.75) is 11.4 Å². The fraction of sp³-hybridized carbons (Fsp3) is 0.154. The SMILES string of the molecule is Cn1cnc2cc(S(=O)(=O)NCc3ccco3)ccc21. The molecule has 2 aromatic heterocycles. The van der Waals surface area contributed by atoms with E-state index in [4.69, 9.17) is 4.42 Å². The molecule has 0 aliphatic rings. The third-order valence-electron chi connectivity index (χ3n) is 3.02. The number of hydrogen-bond acceptors (Lipinski definition) is 4. The molecule has 0 aliphatic carbocycles. The van der Waals surface area contributed by atoms with E-state index in [1.807, 2.05) is 11.6 Å². The van der Waals surface area contributed by atoms with Gasteiger partial charge in [-0.3, -0.25) is 0 Å². The Morgan fingerprint density at radius 3 is 2.95 bits per heavy atom. The Morgan fingerprint density at radius 2 is 2.20 bits per heavy atom. The van der Waals surface area contributed by atoms with Gasteiger partial charge in [-0.05, 0) is 30.3 Å². The quantitative estimate of drug-likeness (QED) is 0.793. The van der Waals surface area contributed by atoms with E-state index in [9.17, 15) is 8.42 Å². The number of nitrogens with zero attached hydrogens (tertiary/aromatic N) is 2. The third-order valence-corrected chi connectivity index (χ3v) is 4.42. The van der Waals surface area contributed by atoms with Crippen molar-refractivity contribution in [3.63, 3.8) is 0 Å². The fourth-order valence-corrected chi connectivity index (χ4v) is 2.96. The largest absolute Gasteiger partial charge is 0.468 e. The van der Waals surface area contributed by atoms with Crippen LogP contribution in [0.15, 0.2) is 52.2 Å². The van der Waals surface area contributed by atoms with Crippen LogP contribution in [0.1, 0.15) is 5.76 Å². The van der Waals surface area contributed by atoms with Crippen LogP contribution in [0.5, 0.6) is 0 Å². The van der Waals surface area contributed by atoms with E-state index in [1.54, 1.807) is 36.7 Å². The van der Waals surface area contributed by atoms with Crippen LogP contribution >= 0.6 is 0 Å². The van der Waals surface area contributed by atoms with Crippen molar-refractivity contribution in [1.29, 1.82) is 0 Å². The molecule has 0 radical (unpaired) electrons. The van der Waals surface area contributed by atoms with Crippen molar-refractivity contribution in [3.8, 4) is 0 Å². The van der Waals surface area contributed by atoms with E-state index in [2.05, 4.69) is 9.71 Å². The van der Waals surface area contributed by atoms with Crippen LogP contribution in [-0.2, 0) is 23.6 Å². The van der Waals surface area contributed by atoms with Crippen molar-refractivity contribution in [2.24, 2.45) is 7.05 Å². The first-order valence-corrected chi connectivity index (χ1v) is 7.48. The van der Waals surface area contributed by atoms with Crippen LogP contribution in [0.4, 0.5) is 0 Å². The zero-order valence-electron chi connectivity index (χ0n) is 10.8. The summed E-state index contributed by atoms with van der Waals surface area (Å²) in [5, 5.41) is 0. The number of aromatic nitrogens is 2. The molecule has 0 aliphatic heterocycles. The molecule has 6 nitrogen and oxygen atoms in total. The summed E-state index contributed by atoms with van der Waals surface area (Å²) in [4.78, 5) is 4.34. The van der Waals surface area contributed by atoms with E-state index in [1.165, 1.54) is 6.26 Å². The van der Waals surface area contributed by atoms with Gasteiger partial charge in [-0.25, -0.2) is 18.1 Å². The first kappa shape index (κ1) is 12.9. The van der Waals surface area contributed by atoms with Gasteiger partial charge in [0, 0.05) is 7.05 Å². The average molecular weight is 291 g/mol. The lowest BCUT2D eigenvalue weighted by atomic mass is 10.3. The lowest BCUT2D eigenvalue weighted by Gasteiger charge is -2.05. The predicted molar refractivity (Wildman–Crippen MR) is 73.4 cm³/mol. The molecule has 0 atom stereocenters. The molecule has 0 spiro atoms. The summed E-state index contributed by atoms with van der Waals surface area (Å²) in [5.41, 5.74) is 1.53. The van der Waals surface area contributed by atoms with Gasteiger partial charge in [-0.2, -0.15) is 0 Å². The van der Waals surface area contributed by atoms with Crippen LogP contribution in [0.25, 0.3) is 11.0 Å². The molecular weight excluding hydrogens is 278 g/mol. The Hall–Kier alpha value is -2.12. The molecule has 0 fully saturated rings. The summed E-state index contributed by atoms with van der Waals surface area (Å²) in [6.07, 6.45) is 3.15. The van der Waals surface area contributed by atoms with E-state index >= 15 is 0 Å². The maximum atomic E-state index is 12.2. The number of imidazole rings is 1. The molecule has 0 unspecified atom stereocenters. The van der Waals surface area contributed by atoms with Crippen molar-refractivity contribution in [2.75, 3.05) is 0 Å². The van der Waals surface area contributed by atoms with Crippen molar-refractivity contribution in [1.82, 2.24) is 14.3 Å². The maximum Gasteiger partial charge on any atom is 0.241 e. The predicted octanol–water partition coefficient (Wildman–Crippen LogP) is 1.64. The monoisotopic (exact) mass is 291 g/mol. The third kappa shape index (κ3) is 2.33. The number of fused-ring (bicyclic) bond motifs is 1. The standard InChI is InChI=1S/C13H13N3O3S/c1-16-9-14-12-7-11(4-5-13(12)16)20(17,18)15-8-10-3-2-6-19-10/h2-7,9,15H,8H2,1H3. The maximum absolute atomic E-state index is 12.2. The topological polar surface area (TPSA) is 77.1 Å². The van der Waals surface area contributed by atoms with Gasteiger partial charge >= 0.3 is 0 Å². The highest BCUT2D eigenvalue weighted by atomic mass is 32.2. The number of rotatable bonds is 4. The molecule has 0 amide bonds. The van der Waals surface area contributed by atoms with Gasteiger partial charge in [0.15, 0.2) is 0 Å². The molecule has 3 aromatic rings. The van der Waals surface area contributed by atoms with Gasteiger partial charge in [0.05, 0.1) is 35.1 Å². The molecule has 3 rings (SSSR count). The molecule has 0 saturated carbocycles. The van der Waals surface area contributed by atoms with Gasteiger partial charge in [-0.15, -0.1) is 0 Å². The van der Waals surface area contributed by atoms with Gasteiger partial charge < -0.3 is 8.98 Å². The number of nitrogens with one attached hydrogen (secondary N) is 1. The lowest BCUT2D eigenvalue weighted by molar-refractivity contribution is 0.498. The van der Waals surface area contributed by atoms with Crippen molar-refractivity contribution >= 4 is 21.1 Å². The van der Waals surface area contributed by atoms with Crippen molar-refractivity contribution < 1.29 is 12.8 Å². The Morgan fingerprint density at radius 1 is 1.35 bits per heavy atom. The summed E-state index contributed by atoms with van der Waals surface area (Å²) in [5.74, 6) is 0.562. The number of furan rings is 1. The average Bonchev–Trinajstić information content (AvgIpc) is 3.07. The van der Waals surface area contributed by atoms with Crippen LogP contribution in [0, 0.1) is 0 Å². The zero-order valence-corrected chi connectivity index (χ0v) is 11.6. The second-order valence-corrected chi connectivity index (χ2v) is 6.18. The fourth-order valence-electron chi connectivity index (χ4n) is 1.95. The van der Waals surface area contributed by atoms with Gasteiger partial charge in [0.25, 0.3) is 0 Å². The van der Waals surface area contributed by atoms with Gasteiger partial charge in [0.2, 0.25) is 10.0 Å². The molecule has 1 N–H and O–H groups in total. The Bertz CT molecular complexity index is 835. The normalized spacial score (nSPS) is 12.1. The molecule has 2 heterocycles. The molecule has 1 aromatic carbocycles. The zero-order chi connectivity index (χ0) is 14.2. The van der Waals surface area contributed by atoms with Crippen LogP contribution < -0.4 is 4.72 Å². The smallest absolute Gasteiger partial charge is 0.241 e. The summed E-state index contributed by atoms with van der Waals surface area (Å²) >= 11 is 0. The Kier molecular flexibility index (Phi) is 3.07. The molecule has 7 heteroatoms. The summed E-state index contributed by atoms with van der Waals surface area (Å²) < 4.78 is 33.8. The molecular formula is C13H13N3O3S. The second-order valence-electron chi connectivity index (χ2n) is 4.41. The van der Waals surface area contributed by atoms with Gasteiger partial charge in [-0.1, -0.05) is 0 Å². The number of benzene rings is 1. The van der Waals surface area contributed by atoms with Crippen molar-refractivity contribution in [3.05, 3.63) is 48.7 Å². The summed E-state index contributed by atoms with van der Waals surface area (Å²) in [6, 6.07) is 8.28. The minimum Gasteiger partial charge on any atom is -0.468 e. The second kappa shape index (κ2) is 4.77. The first-order chi connectivity index (χ1) is 9.56. The minimum absolute atomic E-state index is 0.121. The number of aryl methyl sites for hydroxylation is 1. The molecule has 104 valence electrons. The minimum atomic E-state index is -3.58. The number of hydrogen-bond donors (Lipinski definition) is 1. The molecule has 0 saturated heterocycles. The molecule has 0 bridgehead atoms. The van der Waals surface area contributed by atoms with E-state index in [0.29, 0.717) is 11.3 Å². The highest BCUT2D eigenvalue weighted by Crippen LogP contribution is 2.17. The highest BCUT2D eigenvalue weighted by Gasteiger charge is 2.15. The highest BCUT2D eigenvalue weighted by molar-refractivity contribution is 7.89. The summed E-state index contributed by atoms with van der Waals surface area (Å²) in [7, 11) is -1.72. The Labute approximate surface area is 116 Å².